The van der Waals surface area contributed by atoms with Crippen LogP contribution < -0.4 is 20.7 Å². The smallest absolute Gasteiger partial charge is 0.243 e. The van der Waals surface area contributed by atoms with E-state index in [2.05, 4.69) is 22.5 Å². The molecule has 0 radical (unpaired) electrons. The van der Waals surface area contributed by atoms with Crippen molar-refractivity contribution >= 4 is 28.9 Å². The molecule has 2 rings (SSSR count). The number of para-hydroxylation sites is 2. The molecule has 2 amide bonds. The Bertz CT molecular complexity index is 757. The van der Waals surface area contributed by atoms with Crippen molar-refractivity contribution in [2.24, 2.45) is 0 Å². The molecule has 0 spiro atoms. The first-order valence-electron chi connectivity index (χ1n) is 8.38. The van der Waals surface area contributed by atoms with Gasteiger partial charge in [-0.25, -0.2) is 0 Å². The summed E-state index contributed by atoms with van der Waals surface area (Å²) in [4.78, 5) is 23.5. The minimum absolute atomic E-state index is 0.0394. The zero-order valence-corrected chi connectivity index (χ0v) is 14.7. The van der Waals surface area contributed by atoms with Crippen molar-refractivity contribution in [3.05, 3.63) is 61.2 Å². The molecule has 3 N–H and O–H groups in total. The molecule has 2 aromatic carbocycles. The number of carbonyl (C=O) groups excluding carboxylic acids is 2. The maximum atomic E-state index is 12.2. The first-order chi connectivity index (χ1) is 12.6. The van der Waals surface area contributed by atoms with Crippen LogP contribution in [0, 0.1) is 0 Å². The normalized spacial score (nSPS) is 9.88. The highest BCUT2D eigenvalue weighted by Crippen LogP contribution is 2.23. The van der Waals surface area contributed by atoms with Crippen molar-refractivity contribution in [1.82, 2.24) is 0 Å². The number of nitrogens with one attached hydrogen (secondary N) is 3. The Morgan fingerprint density at radius 2 is 1.69 bits per heavy atom. The Balaban J connectivity index is 1.87. The molecule has 0 aromatic heterocycles. The van der Waals surface area contributed by atoms with Crippen molar-refractivity contribution < 1.29 is 14.3 Å². The molecule has 0 bridgehead atoms. The average molecular weight is 353 g/mol. The van der Waals surface area contributed by atoms with E-state index in [-0.39, 0.29) is 18.4 Å². The zero-order chi connectivity index (χ0) is 18.8. The van der Waals surface area contributed by atoms with Gasteiger partial charge in [-0.2, -0.15) is 0 Å². The summed E-state index contributed by atoms with van der Waals surface area (Å²) in [5.41, 5.74) is 2.12. The molecule has 0 saturated carbocycles. The molecule has 0 fully saturated rings. The Hall–Kier alpha value is -3.28. The van der Waals surface area contributed by atoms with Crippen molar-refractivity contribution in [3.8, 4) is 5.75 Å². The van der Waals surface area contributed by atoms with E-state index in [1.165, 1.54) is 0 Å². The molecule has 0 aliphatic carbocycles. The van der Waals surface area contributed by atoms with E-state index in [0.717, 1.165) is 11.4 Å². The topological polar surface area (TPSA) is 79.5 Å². The maximum Gasteiger partial charge on any atom is 0.243 e. The van der Waals surface area contributed by atoms with Crippen LogP contribution in [0.3, 0.4) is 0 Å². The Kier molecular flexibility index (Phi) is 7.24. The second kappa shape index (κ2) is 9.88. The van der Waals surface area contributed by atoms with Gasteiger partial charge in [-0.1, -0.05) is 31.7 Å². The fraction of sp³-hybridized carbons (Fsp3) is 0.200. The number of anilines is 3. The van der Waals surface area contributed by atoms with Crippen LogP contribution in [0.25, 0.3) is 0 Å². The molecular formula is C20H23N3O3. The predicted octanol–water partition coefficient (Wildman–Crippen LogP) is 3.65. The van der Waals surface area contributed by atoms with Crippen molar-refractivity contribution in [2.75, 3.05) is 29.1 Å². The van der Waals surface area contributed by atoms with Crippen LogP contribution in [0.15, 0.2) is 61.2 Å². The van der Waals surface area contributed by atoms with E-state index >= 15 is 0 Å². The Labute approximate surface area is 153 Å². The van der Waals surface area contributed by atoms with Gasteiger partial charge in [0.05, 0.1) is 12.2 Å². The Morgan fingerprint density at radius 3 is 2.38 bits per heavy atom. The molecule has 6 heteroatoms. The van der Waals surface area contributed by atoms with Crippen LogP contribution in [-0.2, 0) is 9.59 Å². The Morgan fingerprint density at radius 1 is 1.00 bits per heavy atom. The first kappa shape index (κ1) is 19.1. The van der Waals surface area contributed by atoms with Crippen LogP contribution in [0.2, 0.25) is 0 Å². The van der Waals surface area contributed by atoms with Crippen molar-refractivity contribution in [2.45, 2.75) is 13.3 Å². The van der Waals surface area contributed by atoms with E-state index in [1.807, 2.05) is 12.1 Å². The zero-order valence-electron chi connectivity index (χ0n) is 14.7. The van der Waals surface area contributed by atoms with Crippen LogP contribution in [0.1, 0.15) is 13.3 Å². The third-order valence-electron chi connectivity index (χ3n) is 3.46. The summed E-state index contributed by atoms with van der Waals surface area (Å²) >= 11 is 0. The van der Waals surface area contributed by atoms with Gasteiger partial charge in [0.15, 0.2) is 0 Å². The first-order valence-corrected chi connectivity index (χ1v) is 8.38. The summed E-state index contributed by atoms with van der Waals surface area (Å²) in [5, 5.41) is 8.63. The SMILES string of the molecule is C=CCOc1ccccc1NC(=O)CNc1ccc(NC(=O)CC)cc1. The van der Waals surface area contributed by atoms with Gasteiger partial charge in [0.25, 0.3) is 0 Å². The standard InChI is InChI=1S/C20H23N3O3/c1-3-13-26-18-8-6-5-7-17(18)23-20(25)14-21-15-9-11-16(12-10-15)22-19(24)4-2/h3,5-12,21H,1,4,13-14H2,2H3,(H,22,24)(H,23,25). The number of rotatable bonds is 9. The van der Waals surface area contributed by atoms with E-state index in [1.54, 1.807) is 49.4 Å². The van der Waals surface area contributed by atoms with E-state index < -0.39 is 0 Å². The quantitative estimate of drug-likeness (QED) is 0.601. The lowest BCUT2D eigenvalue weighted by Gasteiger charge is -2.12. The minimum atomic E-state index is -0.192. The van der Waals surface area contributed by atoms with Gasteiger partial charge in [-0.05, 0) is 36.4 Å². The van der Waals surface area contributed by atoms with Crippen LogP contribution in [0.5, 0.6) is 5.75 Å². The molecule has 6 nitrogen and oxygen atoms in total. The highest BCUT2D eigenvalue weighted by molar-refractivity contribution is 5.95. The molecular weight excluding hydrogens is 330 g/mol. The summed E-state index contributed by atoms with van der Waals surface area (Å²) in [5.74, 6) is 0.363. The molecule has 0 heterocycles. The summed E-state index contributed by atoms with van der Waals surface area (Å²) in [6.07, 6.45) is 2.07. The monoisotopic (exact) mass is 353 g/mol. The average Bonchev–Trinajstić information content (AvgIpc) is 2.66. The molecule has 26 heavy (non-hydrogen) atoms. The lowest BCUT2D eigenvalue weighted by Crippen LogP contribution is -2.22. The number of benzene rings is 2. The molecule has 0 saturated heterocycles. The lowest BCUT2D eigenvalue weighted by atomic mass is 10.2. The second-order valence-corrected chi connectivity index (χ2v) is 5.48. The number of amides is 2. The van der Waals surface area contributed by atoms with Crippen LogP contribution in [0.4, 0.5) is 17.1 Å². The second-order valence-electron chi connectivity index (χ2n) is 5.48. The lowest BCUT2D eigenvalue weighted by molar-refractivity contribution is -0.116. The van der Waals surface area contributed by atoms with Crippen molar-refractivity contribution in [3.63, 3.8) is 0 Å². The van der Waals surface area contributed by atoms with Crippen molar-refractivity contribution in [1.29, 1.82) is 0 Å². The molecule has 0 atom stereocenters. The maximum absolute atomic E-state index is 12.2. The van der Waals surface area contributed by atoms with Gasteiger partial charge in [0.1, 0.15) is 12.4 Å². The summed E-state index contributed by atoms with van der Waals surface area (Å²) in [7, 11) is 0. The fourth-order valence-corrected chi connectivity index (χ4v) is 2.14. The minimum Gasteiger partial charge on any atom is -0.487 e. The third kappa shape index (κ3) is 5.98. The van der Waals surface area contributed by atoms with Gasteiger partial charge >= 0.3 is 0 Å². The fourth-order valence-electron chi connectivity index (χ4n) is 2.14. The van der Waals surface area contributed by atoms with E-state index in [0.29, 0.717) is 24.5 Å². The highest BCUT2D eigenvalue weighted by Gasteiger charge is 2.07. The number of ether oxygens (including phenoxy) is 1. The molecule has 0 aliphatic rings. The van der Waals surface area contributed by atoms with Gasteiger partial charge in [-0.15, -0.1) is 0 Å². The largest absolute Gasteiger partial charge is 0.487 e. The number of hydrogen-bond acceptors (Lipinski definition) is 4. The highest BCUT2D eigenvalue weighted by atomic mass is 16.5. The summed E-state index contributed by atoms with van der Waals surface area (Å²) in [6.45, 7) is 5.88. The summed E-state index contributed by atoms with van der Waals surface area (Å²) < 4.78 is 5.52. The summed E-state index contributed by atoms with van der Waals surface area (Å²) in [6, 6.07) is 14.4. The third-order valence-corrected chi connectivity index (χ3v) is 3.46. The number of hydrogen-bond donors (Lipinski definition) is 3. The molecule has 2 aromatic rings. The van der Waals surface area contributed by atoms with Gasteiger partial charge in [-0.3, -0.25) is 9.59 Å². The van der Waals surface area contributed by atoms with Gasteiger partial charge in [0, 0.05) is 17.8 Å². The van der Waals surface area contributed by atoms with Gasteiger partial charge in [0.2, 0.25) is 11.8 Å². The molecule has 136 valence electrons. The van der Waals surface area contributed by atoms with E-state index in [4.69, 9.17) is 4.74 Å². The number of carbonyl (C=O) groups is 2. The predicted molar refractivity (Wildman–Crippen MR) is 105 cm³/mol. The van der Waals surface area contributed by atoms with E-state index in [9.17, 15) is 9.59 Å². The molecule has 0 aliphatic heterocycles. The van der Waals surface area contributed by atoms with Gasteiger partial charge < -0.3 is 20.7 Å². The van der Waals surface area contributed by atoms with Crippen LogP contribution in [-0.4, -0.2) is 25.0 Å². The molecule has 0 unspecified atom stereocenters. The van der Waals surface area contributed by atoms with Crippen LogP contribution >= 0.6 is 0 Å².